The molecule has 3 nitrogen and oxygen atoms in total. The van der Waals surface area contributed by atoms with Crippen LogP contribution in [0.4, 0.5) is 0 Å². The van der Waals surface area contributed by atoms with Gasteiger partial charge in [0.2, 0.25) is 5.91 Å². The topological polar surface area (TPSA) is 32.3 Å². The summed E-state index contributed by atoms with van der Waals surface area (Å²) in [6.07, 6.45) is 6.27. The van der Waals surface area contributed by atoms with E-state index in [0.29, 0.717) is 17.9 Å². The third kappa shape index (κ3) is 2.56. The third-order valence-corrected chi connectivity index (χ3v) is 4.58. The zero-order valence-electron chi connectivity index (χ0n) is 12.3. The molecule has 0 aromatic carbocycles. The molecule has 1 saturated carbocycles. The van der Waals surface area contributed by atoms with E-state index in [0.717, 1.165) is 12.3 Å². The Labute approximate surface area is 111 Å². The summed E-state index contributed by atoms with van der Waals surface area (Å²) < 4.78 is 0. The van der Waals surface area contributed by atoms with Crippen LogP contribution in [0.1, 0.15) is 59.8 Å². The quantitative estimate of drug-likeness (QED) is 0.837. The molecular weight excluding hydrogens is 224 g/mol. The van der Waals surface area contributed by atoms with Crippen LogP contribution >= 0.6 is 0 Å². The molecule has 1 saturated heterocycles. The Balaban J connectivity index is 2.11. The molecule has 0 bridgehead atoms. The molecule has 0 aromatic rings. The van der Waals surface area contributed by atoms with Crippen LogP contribution in [0.3, 0.4) is 0 Å². The molecule has 3 heteroatoms. The van der Waals surface area contributed by atoms with Gasteiger partial charge < -0.3 is 4.90 Å². The van der Waals surface area contributed by atoms with Gasteiger partial charge in [0, 0.05) is 6.04 Å². The van der Waals surface area contributed by atoms with E-state index < -0.39 is 0 Å². The van der Waals surface area contributed by atoms with Crippen LogP contribution in [0, 0.1) is 11.8 Å². The van der Waals surface area contributed by atoms with Crippen molar-refractivity contribution in [3.8, 4) is 0 Å². The van der Waals surface area contributed by atoms with Crippen molar-refractivity contribution in [2.75, 3.05) is 0 Å². The summed E-state index contributed by atoms with van der Waals surface area (Å²) in [5.41, 5.74) is 0. The number of amides is 1. The lowest BCUT2D eigenvalue weighted by Gasteiger charge is -2.37. The predicted molar refractivity (Wildman–Crippen MR) is 74.1 cm³/mol. The largest absolute Gasteiger partial charge is 0.323 e. The zero-order valence-corrected chi connectivity index (χ0v) is 12.3. The van der Waals surface area contributed by atoms with Crippen LogP contribution in [0.2, 0.25) is 0 Å². The van der Waals surface area contributed by atoms with Crippen molar-refractivity contribution in [3.63, 3.8) is 0 Å². The summed E-state index contributed by atoms with van der Waals surface area (Å²) >= 11 is 0. The maximum Gasteiger partial charge on any atom is 0.241 e. The first-order valence-electron chi connectivity index (χ1n) is 7.62. The minimum Gasteiger partial charge on any atom is -0.323 e. The van der Waals surface area contributed by atoms with E-state index in [-0.39, 0.29) is 12.2 Å². The fourth-order valence-electron chi connectivity index (χ4n) is 3.55. The first-order valence-corrected chi connectivity index (χ1v) is 7.62. The molecule has 2 fully saturated rings. The maximum atomic E-state index is 12.6. The van der Waals surface area contributed by atoms with E-state index in [9.17, 15) is 4.79 Å². The molecule has 4 atom stereocenters. The van der Waals surface area contributed by atoms with Crippen molar-refractivity contribution >= 4 is 5.91 Å². The molecule has 1 N–H and O–H groups in total. The van der Waals surface area contributed by atoms with Gasteiger partial charge in [0.15, 0.2) is 0 Å². The Kier molecular flexibility index (Phi) is 4.31. The standard InChI is InChI=1S/C15H28N2O/c1-5-13-16-14(10(2)3)15(18)17(13)12-8-6-7-11(4)9-12/h10-14,16H,5-9H2,1-4H3. The lowest BCUT2D eigenvalue weighted by atomic mass is 9.86. The first-order chi connectivity index (χ1) is 8.54. The third-order valence-electron chi connectivity index (χ3n) is 4.58. The monoisotopic (exact) mass is 252 g/mol. The molecule has 104 valence electrons. The SMILES string of the molecule is CCC1NC(C(C)C)C(=O)N1C1CCCC(C)C1. The van der Waals surface area contributed by atoms with Crippen LogP contribution < -0.4 is 5.32 Å². The number of nitrogens with one attached hydrogen (secondary N) is 1. The Morgan fingerprint density at radius 1 is 1.39 bits per heavy atom. The van der Waals surface area contributed by atoms with Gasteiger partial charge in [-0.1, -0.05) is 40.5 Å². The van der Waals surface area contributed by atoms with E-state index in [2.05, 4.69) is 37.9 Å². The molecular formula is C15H28N2O. The second-order valence-corrected chi connectivity index (χ2v) is 6.48. The van der Waals surface area contributed by atoms with Gasteiger partial charge in [-0.25, -0.2) is 0 Å². The number of carbonyl (C=O) groups excluding carboxylic acids is 1. The fraction of sp³-hybridized carbons (Fsp3) is 0.933. The summed E-state index contributed by atoms with van der Waals surface area (Å²) in [5.74, 6) is 1.50. The normalized spacial score (nSPS) is 37.6. The van der Waals surface area contributed by atoms with Crippen molar-refractivity contribution in [3.05, 3.63) is 0 Å². The van der Waals surface area contributed by atoms with Gasteiger partial charge in [0.1, 0.15) is 0 Å². The summed E-state index contributed by atoms with van der Waals surface area (Å²) in [7, 11) is 0. The van der Waals surface area contributed by atoms with E-state index in [4.69, 9.17) is 0 Å². The lowest BCUT2D eigenvalue weighted by Crippen LogP contribution is -2.46. The molecule has 1 amide bonds. The Hall–Kier alpha value is -0.570. The highest BCUT2D eigenvalue weighted by molar-refractivity contribution is 5.85. The Morgan fingerprint density at radius 3 is 2.67 bits per heavy atom. The molecule has 0 aromatic heterocycles. The predicted octanol–water partition coefficient (Wildman–Crippen LogP) is 2.76. The highest BCUT2D eigenvalue weighted by atomic mass is 16.2. The van der Waals surface area contributed by atoms with Crippen molar-refractivity contribution in [1.29, 1.82) is 0 Å². The van der Waals surface area contributed by atoms with E-state index in [1.807, 2.05) is 0 Å². The van der Waals surface area contributed by atoms with Crippen LogP contribution in [-0.2, 0) is 4.79 Å². The van der Waals surface area contributed by atoms with Gasteiger partial charge in [-0.3, -0.25) is 10.1 Å². The summed E-state index contributed by atoms with van der Waals surface area (Å²) in [6.45, 7) is 8.76. The highest BCUT2D eigenvalue weighted by Gasteiger charge is 2.43. The minimum atomic E-state index is 0.0344. The van der Waals surface area contributed by atoms with Gasteiger partial charge in [0.25, 0.3) is 0 Å². The highest BCUT2D eigenvalue weighted by Crippen LogP contribution is 2.32. The lowest BCUT2D eigenvalue weighted by molar-refractivity contribution is -0.134. The van der Waals surface area contributed by atoms with Gasteiger partial charge in [-0.05, 0) is 31.1 Å². The number of nitrogens with zero attached hydrogens (tertiary/aromatic N) is 1. The molecule has 18 heavy (non-hydrogen) atoms. The zero-order chi connectivity index (χ0) is 13.3. The van der Waals surface area contributed by atoms with Gasteiger partial charge in [0.05, 0.1) is 12.2 Å². The Morgan fingerprint density at radius 2 is 2.11 bits per heavy atom. The van der Waals surface area contributed by atoms with Crippen LogP contribution in [0.5, 0.6) is 0 Å². The minimum absolute atomic E-state index is 0.0344. The maximum absolute atomic E-state index is 12.6. The van der Waals surface area contributed by atoms with Crippen LogP contribution in [0.15, 0.2) is 0 Å². The van der Waals surface area contributed by atoms with Crippen molar-refractivity contribution in [1.82, 2.24) is 10.2 Å². The molecule has 1 aliphatic carbocycles. The molecule has 1 aliphatic heterocycles. The Bertz CT molecular complexity index is 303. The summed E-state index contributed by atoms with van der Waals surface area (Å²) in [6, 6.07) is 0.509. The van der Waals surface area contributed by atoms with E-state index in [1.54, 1.807) is 0 Å². The molecule has 4 unspecified atom stereocenters. The van der Waals surface area contributed by atoms with Crippen molar-refractivity contribution in [2.24, 2.45) is 11.8 Å². The summed E-state index contributed by atoms with van der Waals surface area (Å²) in [5, 5.41) is 3.53. The van der Waals surface area contributed by atoms with Crippen LogP contribution in [-0.4, -0.2) is 29.1 Å². The van der Waals surface area contributed by atoms with E-state index >= 15 is 0 Å². The van der Waals surface area contributed by atoms with Crippen molar-refractivity contribution < 1.29 is 4.79 Å². The second-order valence-electron chi connectivity index (χ2n) is 6.48. The van der Waals surface area contributed by atoms with Crippen molar-refractivity contribution in [2.45, 2.75) is 78.0 Å². The van der Waals surface area contributed by atoms with Gasteiger partial charge in [-0.2, -0.15) is 0 Å². The first kappa shape index (κ1) is 13.9. The molecule has 0 spiro atoms. The number of hydrogen-bond acceptors (Lipinski definition) is 2. The second kappa shape index (κ2) is 5.60. The van der Waals surface area contributed by atoms with Crippen LogP contribution in [0.25, 0.3) is 0 Å². The molecule has 0 radical (unpaired) electrons. The smallest absolute Gasteiger partial charge is 0.241 e. The van der Waals surface area contributed by atoms with Gasteiger partial charge in [-0.15, -0.1) is 0 Å². The summed E-state index contributed by atoms with van der Waals surface area (Å²) in [4.78, 5) is 14.8. The van der Waals surface area contributed by atoms with Gasteiger partial charge >= 0.3 is 0 Å². The molecule has 2 aliphatic rings. The van der Waals surface area contributed by atoms with E-state index in [1.165, 1.54) is 25.7 Å². The molecule has 1 heterocycles. The number of hydrogen-bond donors (Lipinski definition) is 1. The number of rotatable bonds is 3. The fourth-order valence-corrected chi connectivity index (χ4v) is 3.55. The molecule has 2 rings (SSSR count). The average molecular weight is 252 g/mol. The number of carbonyl (C=O) groups is 1. The average Bonchev–Trinajstić information content (AvgIpc) is 2.66.